The van der Waals surface area contributed by atoms with Crippen LogP contribution in [0.1, 0.15) is 18.8 Å². The zero-order chi connectivity index (χ0) is 12.3. The fourth-order valence-corrected chi connectivity index (χ4v) is 1.48. The summed E-state index contributed by atoms with van der Waals surface area (Å²) in [4.78, 5) is 15.2. The van der Waals surface area contributed by atoms with Crippen LogP contribution < -0.4 is 10.1 Å². The third-order valence-electron chi connectivity index (χ3n) is 2.19. The Bertz CT molecular complexity index is 487. The van der Waals surface area contributed by atoms with Gasteiger partial charge in [-0.3, -0.25) is 0 Å². The standard InChI is InChI=1S/C10H12ClN5O/c1-6(8-12-3-4-13-8)15-9-7(11)5-14-10(16-9)17-2/h3-6H,1-2H3,(H,12,13)(H,14,15,16). The first-order valence-electron chi connectivity index (χ1n) is 5.03. The van der Waals surface area contributed by atoms with Gasteiger partial charge >= 0.3 is 6.01 Å². The highest BCUT2D eigenvalue weighted by atomic mass is 35.5. The van der Waals surface area contributed by atoms with Gasteiger partial charge in [-0.05, 0) is 6.92 Å². The highest BCUT2D eigenvalue weighted by molar-refractivity contribution is 6.32. The van der Waals surface area contributed by atoms with Crippen molar-refractivity contribution in [1.82, 2.24) is 19.9 Å². The number of hydrogen-bond acceptors (Lipinski definition) is 5. The van der Waals surface area contributed by atoms with Crippen LogP contribution in [0.25, 0.3) is 0 Å². The van der Waals surface area contributed by atoms with Crippen molar-refractivity contribution in [2.45, 2.75) is 13.0 Å². The van der Waals surface area contributed by atoms with Gasteiger partial charge in [0.1, 0.15) is 10.8 Å². The summed E-state index contributed by atoms with van der Waals surface area (Å²) >= 11 is 5.98. The van der Waals surface area contributed by atoms with Crippen molar-refractivity contribution in [3.63, 3.8) is 0 Å². The Morgan fingerprint density at radius 1 is 1.47 bits per heavy atom. The molecule has 0 saturated heterocycles. The van der Waals surface area contributed by atoms with Crippen LogP contribution in [0.2, 0.25) is 5.02 Å². The summed E-state index contributed by atoms with van der Waals surface area (Å²) < 4.78 is 4.94. The first kappa shape index (κ1) is 11.7. The molecule has 6 nitrogen and oxygen atoms in total. The largest absolute Gasteiger partial charge is 0.467 e. The van der Waals surface area contributed by atoms with Gasteiger partial charge in [0, 0.05) is 12.4 Å². The van der Waals surface area contributed by atoms with Gasteiger partial charge in [-0.2, -0.15) is 4.98 Å². The van der Waals surface area contributed by atoms with Crippen LogP contribution in [-0.4, -0.2) is 27.0 Å². The van der Waals surface area contributed by atoms with Crippen molar-refractivity contribution in [3.8, 4) is 6.01 Å². The molecule has 2 aromatic heterocycles. The van der Waals surface area contributed by atoms with E-state index in [1.807, 2.05) is 6.92 Å². The molecule has 0 amide bonds. The molecule has 0 fully saturated rings. The SMILES string of the molecule is COc1ncc(Cl)c(NC(C)c2ncc[nH]2)n1. The fraction of sp³-hybridized carbons (Fsp3) is 0.300. The molecule has 0 aliphatic carbocycles. The molecule has 0 aromatic carbocycles. The Morgan fingerprint density at radius 2 is 2.29 bits per heavy atom. The summed E-state index contributed by atoms with van der Waals surface area (Å²) in [6.07, 6.45) is 4.94. The van der Waals surface area contributed by atoms with E-state index < -0.39 is 0 Å². The number of hydrogen-bond donors (Lipinski definition) is 2. The first-order valence-corrected chi connectivity index (χ1v) is 5.41. The molecule has 7 heteroatoms. The molecule has 2 heterocycles. The summed E-state index contributed by atoms with van der Waals surface area (Å²) in [7, 11) is 1.50. The van der Waals surface area contributed by atoms with Gasteiger partial charge in [-0.15, -0.1) is 0 Å². The number of nitrogens with one attached hydrogen (secondary N) is 2. The smallest absolute Gasteiger partial charge is 0.318 e. The van der Waals surface area contributed by atoms with E-state index in [4.69, 9.17) is 16.3 Å². The number of nitrogens with zero attached hydrogens (tertiary/aromatic N) is 3. The second kappa shape index (κ2) is 5.01. The van der Waals surface area contributed by atoms with Crippen LogP contribution in [-0.2, 0) is 0 Å². The minimum absolute atomic E-state index is 0.0397. The quantitative estimate of drug-likeness (QED) is 0.872. The molecular formula is C10H12ClN5O. The third-order valence-corrected chi connectivity index (χ3v) is 2.46. The van der Waals surface area contributed by atoms with E-state index in [-0.39, 0.29) is 12.1 Å². The third kappa shape index (κ3) is 2.65. The predicted molar refractivity (Wildman–Crippen MR) is 64.2 cm³/mol. The summed E-state index contributed by atoms with van der Waals surface area (Å²) in [6, 6.07) is 0.227. The summed E-state index contributed by atoms with van der Waals surface area (Å²) in [6.45, 7) is 1.95. The van der Waals surface area contributed by atoms with E-state index in [1.165, 1.54) is 13.3 Å². The van der Waals surface area contributed by atoms with Crippen LogP contribution in [0, 0.1) is 0 Å². The minimum Gasteiger partial charge on any atom is -0.467 e. The van der Waals surface area contributed by atoms with Crippen molar-refractivity contribution in [3.05, 3.63) is 29.4 Å². The number of aromatic amines is 1. The van der Waals surface area contributed by atoms with Crippen LogP contribution >= 0.6 is 11.6 Å². The normalized spacial score (nSPS) is 12.2. The number of halogens is 1. The number of H-pyrrole nitrogens is 1. The summed E-state index contributed by atoms with van der Waals surface area (Å²) in [5.74, 6) is 1.32. The van der Waals surface area contributed by atoms with Gasteiger partial charge in [0.25, 0.3) is 0 Å². The topological polar surface area (TPSA) is 75.7 Å². The predicted octanol–water partition coefficient (Wildman–Crippen LogP) is 2.03. The Morgan fingerprint density at radius 3 is 2.94 bits per heavy atom. The van der Waals surface area contributed by atoms with Crippen molar-refractivity contribution in [2.24, 2.45) is 0 Å². The molecular weight excluding hydrogens is 242 g/mol. The molecule has 17 heavy (non-hydrogen) atoms. The second-order valence-electron chi connectivity index (χ2n) is 3.39. The van der Waals surface area contributed by atoms with Crippen LogP contribution in [0.4, 0.5) is 5.82 Å². The average Bonchev–Trinajstić information content (AvgIpc) is 2.85. The van der Waals surface area contributed by atoms with Crippen molar-refractivity contribution >= 4 is 17.4 Å². The fourth-order valence-electron chi connectivity index (χ4n) is 1.34. The van der Waals surface area contributed by atoms with Crippen molar-refractivity contribution in [2.75, 3.05) is 12.4 Å². The minimum atomic E-state index is -0.0397. The number of rotatable bonds is 4. The molecule has 2 rings (SSSR count). The maximum Gasteiger partial charge on any atom is 0.318 e. The maximum atomic E-state index is 5.98. The molecule has 0 saturated carbocycles. The lowest BCUT2D eigenvalue weighted by Gasteiger charge is -2.13. The lowest BCUT2D eigenvalue weighted by Crippen LogP contribution is -2.10. The molecule has 0 aliphatic heterocycles. The zero-order valence-electron chi connectivity index (χ0n) is 9.44. The van der Waals surface area contributed by atoms with Crippen molar-refractivity contribution < 1.29 is 4.74 Å². The number of aromatic nitrogens is 4. The Balaban J connectivity index is 2.18. The molecule has 0 spiro atoms. The molecule has 1 unspecified atom stereocenters. The van der Waals surface area contributed by atoms with E-state index in [1.54, 1.807) is 12.4 Å². The maximum absolute atomic E-state index is 5.98. The van der Waals surface area contributed by atoms with Gasteiger partial charge in [0.15, 0.2) is 5.82 Å². The van der Waals surface area contributed by atoms with Gasteiger partial charge in [-0.1, -0.05) is 11.6 Å². The van der Waals surface area contributed by atoms with Gasteiger partial charge < -0.3 is 15.0 Å². The summed E-state index contributed by atoms with van der Waals surface area (Å²) in [5.41, 5.74) is 0. The lowest BCUT2D eigenvalue weighted by molar-refractivity contribution is 0.380. The molecule has 0 radical (unpaired) electrons. The van der Waals surface area contributed by atoms with Crippen LogP contribution in [0.15, 0.2) is 18.6 Å². The van der Waals surface area contributed by atoms with Crippen LogP contribution in [0.5, 0.6) is 6.01 Å². The highest BCUT2D eigenvalue weighted by Gasteiger charge is 2.12. The zero-order valence-corrected chi connectivity index (χ0v) is 10.2. The number of imidazole rings is 1. The van der Waals surface area contributed by atoms with E-state index in [0.717, 1.165) is 5.82 Å². The molecule has 1 atom stereocenters. The van der Waals surface area contributed by atoms with E-state index in [0.29, 0.717) is 10.8 Å². The first-order chi connectivity index (χ1) is 8.20. The monoisotopic (exact) mass is 253 g/mol. The van der Waals surface area contributed by atoms with E-state index in [2.05, 4.69) is 25.3 Å². The Hall–Kier alpha value is -1.82. The average molecular weight is 254 g/mol. The number of ether oxygens (including phenoxy) is 1. The Labute approximate surface area is 103 Å². The molecule has 90 valence electrons. The number of methoxy groups -OCH3 is 1. The Kier molecular flexibility index (Phi) is 3.43. The molecule has 2 aromatic rings. The van der Waals surface area contributed by atoms with Gasteiger partial charge in [-0.25, -0.2) is 9.97 Å². The van der Waals surface area contributed by atoms with Gasteiger partial charge in [0.2, 0.25) is 0 Å². The van der Waals surface area contributed by atoms with Gasteiger partial charge in [0.05, 0.1) is 19.3 Å². The number of anilines is 1. The van der Waals surface area contributed by atoms with Crippen molar-refractivity contribution in [1.29, 1.82) is 0 Å². The second-order valence-corrected chi connectivity index (χ2v) is 3.80. The lowest BCUT2D eigenvalue weighted by atomic mass is 10.3. The summed E-state index contributed by atoms with van der Waals surface area (Å²) in [5, 5.41) is 3.56. The van der Waals surface area contributed by atoms with Crippen LogP contribution in [0.3, 0.4) is 0 Å². The molecule has 0 bridgehead atoms. The molecule has 2 N–H and O–H groups in total. The van der Waals surface area contributed by atoms with E-state index >= 15 is 0 Å². The highest BCUT2D eigenvalue weighted by Crippen LogP contribution is 2.23. The van der Waals surface area contributed by atoms with E-state index in [9.17, 15) is 0 Å². The molecule has 0 aliphatic rings.